The highest BCUT2D eigenvalue weighted by Crippen LogP contribution is 2.39. The SMILES string of the molecule is COc1ccc(C[NH2+]CC[C@H](c2ccccc2)[C@@H]2CCOC(C)(C)C2)cc1. The van der Waals surface area contributed by atoms with Gasteiger partial charge in [-0.1, -0.05) is 30.3 Å². The Morgan fingerprint density at radius 1 is 1.11 bits per heavy atom. The van der Waals surface area contributed by atoms with Gasteiger partial charge in [0.25, 0.3) is 0 Å². The Balaban J connectivity index is 1.58. The predicted molar refractivity (Wildman–Crippen MR) is 110 cm³/mol. The van der Waals surface area contributed by atoms with Crippen LogP contribution in [0.1, 0.15) is 50.2 Å². The fourth-order valence-corrected chi connectivity index (χ4v) is 4.32. The van der Waals surface area contributed by atoms with E-state index >= 15 is 0 Å². The van der Waals surface area contributed by atoms with Crippen molar-refractivity contribution in [1.29, 1.82) is 0 Å². The van der Waals surface area contributed by atoms with Crippen LogP contribution in [0.3, 0.4) is 0 Å². The summed E-state index contributed by atoms with van der Waals surface area (Å²) in [6.07, 6.45) is 3.52. The van der Waals surface area contributed by atoms with Gasteiger partial charge in [-0.25, -0.2) is 0 Å². The molecule has 0 aromatic heterocycles. The molecule has 3 rings (SSSR count). The number of hydrogen-bond donors (Lipinski definition) is 1. The fourth-order valence-electron chi connectivity index (χ4n) is 4.32. The molecule has 2 aromatic carbocycles. The van der Waals surface area contributed by atoms with Gasteiger partial charge >= 0.3 is 0 Å². The number of methoxy groups -OCH3 is 1. The molecular formula is C24H34NO2+. The molecule has 1 aliphatic heterocycles. The van der Waals surface area contributed by atoms with E-state index in [2.05, 4.69) is 61.6 Å². The van der Waals surface area contributed by atoms with E-state index in [9.17, 15) is 0 Å². The summed E-state index contributed by atoms with van der Waals surface area (Å²) in [5.74, 6) is 2.23. The van der Waals surface area contributed by atoms with Crippen molar-refractivity contribution in [2.45, 2.75) is 51.2 Å². The van der Waals surface area contributed by atoms with Crippen LogP contribution in [0.5, 0.6) is 5.75 Å². The molecule has 0 spiro atoms. The summed E-state index contributed by atoms with van der Waals surface area (Å²) in [5, 5.41) is 2.43. The molecule has 3 heteroatoms. The molecule has 2 aromatic rings. The summed E-state index contributed by atoms with van der Waals surface area (Å²) in [5.41, 5.74) is 2.83. The lowest BCUT2D eigenvalue weighted by atomic mass is 9.75. The first-order valence-electron chi connectivity index (χ1n) is 10.2. The summed E-state index contributed by atoms with van der Waals surface area (Å²) in [6.45, 7) is 7.51. The zero-order valence-corrected chi connectivity index (χ0v) is 17.0. The van der Waals surface area contributed by atoms with Crippen molar-refractivity contribution < 1.29 is 14.8 Å². The van der Waals surface area contributed by atoms with Gasteiger partial charge in [0.2, 0.25) is 0 Å². The highest BCUT2D eigenvalue weighted by molar-refractivity contribution is 5.26. The van der Waals surface area contributed by atoms with Gasteiger partial charge in [-0.3, -0.25) is 0 Å². The molecule has 0 radical (unpaired) electrons. The normalized spacial score (nSPS) is 20.2. The Labute approximate surface area is 164 Å². The third-order valence-electron chi connectivity index (χ3n) is 5.75. The van der Waals surface area contributed by atoms with Crippen LogP contribution in [0.4, 0.5) is 0 Å². The Kier molecular flexibility index (Phi) is 6.92. The van der Waals surface area contributed by atoms with E-state index in [0.29, 0.717) is 11.8 Å². The minimum Gasteiger partial charge on any atom is -0.497 e. The first-order valence-corrected chi connectivity index (χ1v) is 10.2. The third-order valence-corrected chi connectivity index (χ3v) is 5.75. The van der Waals surface area contributed by atoms with E-state index in [1.165, 1.54) is 24.0 Å². The van der Waals surface area contributed by atoms with Gasteiger partial charge < -0.3 is 14.8 Å². The van der Waals surface area contributed by atoms with Crippen molar-refractivity contribution in [2.75, 3.05) is 20.3 Å². The number of hydrogen-bond acceptors (Lipinski definition) is 2. The van der Waals surface area contributed by atoms with Crippen LogP contribution >= 0.6 is 0 Å². The Morgan fingerprint density at radius 3 is 2.52 bits per heavy atom. The summed E-state index contributed by atoms with van der Waals surface area (Å²) in [7, 11) is 1.71. The van der Waals surface area contributed by atoms with Gasteiger partial charge in [-0.15, -0.1) is 0 Å². The second kappa shape index (κ2) is 9.38. The van der Waals surface area contributed by atoms with Gasteiger partial charge in [0.05, 0.1) is 19.3 Å². The number of quaternary nitrogens is 1. The quantitative estimate of drug-likeness (QED) is 0.711. The topological polar surface area (TPSA) is 35.1 Å². The maximum Gasteiger partial charge on any atom is 0.118 e. The van der Waals surface area contributed by atoms with Crippen LogP contribution in [0, 0.1) is 5.92 Å². The van der Waals surface area contributed by atoms with E-state index in [4.69, 9.17) is 9.47 Å². The number of rotatable bonds is 8. The van der Waals surface area contributed by atoms with Crippen molar-refractivity contribution in [1.82, 2.24) is 0 Å². The molecule has 2 N–H and O–H groups in total. The summed E-state index contributed by atoms with van der Waals surface area (Å²) in [4.78, 5) is 0. The van der Waals surface area contributed by atoms with Gasteiger partial charge in [-0.05, 0) is 68.4 Å². The molecule has 1 saturated heterocycles. The summed E-state index contributed by atoms with van der Waals surface area (Å²) in [6, 6.07) is 19.5. The first-order chi connectivity index (χ1) is 13.1. The van der Waals surface area contributed by atoms with E-state index < -0.39 is 0 Å². The third kappa shape index (κ3) is 5.82. The molecule has 3 nitrogen and oxygen atoms in total. The molecule has 1 fully saturated rings. The molecule has 1 aliphatic rings. The minimum atomic E-state index is 0.00273. The highest BCUT2D eigenvalue weighted by atomic mass is 16.5. The first kappa shape index (κ1) is 19.9. The zero-order valence-electron chi connectivity index (χ0n) is 17.0. The largest absolute Gasteiger partial charge is 0.497 e. The van der Waals surface area contributed by atoms with E-state index in [1.54, 1.807) is 7.11 Å². The number of ether oxygens (including phenoxy) is 2. The van der Waals surface area contributed by atoms with Gasteiger partial charge in [0, 0.05) is 18.6 Å². The average Bonchev–Trinajstić information content (AvgIpc) is 2.68. The van der Waals surface area contributed by atoms with E-state index in [-0.39, 0.29) is 5.60 Å². The molecule has 0 saturated carbocycles. The monoisotopic (exact) mass is 368 g/mol. The van der Waals surface area contributed by atoms with Gasteiger partial charge in [0.15, 0.2) is 0 Å². The molecule has 1 heterocycles. The van der Waals surface area contributed by atoms with Crippen LogP contribution in [0.25, 0.3) is 0 Å². The average molecular weight is 369 g/mol. The van der Waals surface area contributed by atoms with Crippen molar-refractivity contribution in [2.24, 2.45) is 5.92 Å². The summed E-state index contributed by atoms with van der Waals surface area (Å²) >= 11 is 0. The Bertz CT molecular complexity index is 681. The fraction of sp³-hybridized carbons (Fsp3) is 0.500. The second-order valence-corrected chi connectivity index (χ2v) is 8.30. The minimum absolute atomic E-state index is 0.00273. The number of benzene rings is 2. The molecule has 2 atom stereocenters. The molecule has 146 valence electrons. The van der Waals surface area contributed by atoms with Crippen molar-refractivity contribution in [3.05, 3.63) is 65.7 Å². The maximum atomic E-state index is 5.97. The molecule has 0 amide bonds. The zero-order chi connectivity index (χ0) is 19.1. The standard InChI is InChI=1S/C24H33NO2/c1-24(2)17-21(14-16-27-24)23(20-7-5-4-6-8-20)13-15-25-18-19-9-11-22(26-3)12-10-19/h4-12,21,23,25H,13-18H2,1-3H3/p+1/t21-,23-/m1/s1. The van der Waals surface area contributed by atoms with Crippen LogP contribution < -0.4 is 10.1 Å². The molecule has 0 bridgehead atoms. The number of nitrogens with two attached hydrogens (primary N) is 1. The summed E-state index contributed by atoms with van der Waals surface area (Å²) < 4.78 is 11.2. The van der Waals surface area contributed by atoms with Gasteiger partial charge in [0.1, 0.15) is 12.3 Å². The van der Waals surface area contributed by atoms with Crippen LogP contribution in [0.15, 0.2) is 54.6 Å². The highest BCUT2D eigenvalue weighted by Gasteiger charge is 2.34. The lowest BCUT2D eigenvalue weighted by Crippen LogP contribution is -2.82. The molecule has 0 unspecified atom stereocenters. The molecule has 0 aliphatic carbocycles. The Morgan fingerprint density at radius 2 is 1.85 bits per heavy atom. The smallest absolute Gasteiger partial charge is 0.118 e. The lowest BCUT2D eigenvalue weighted by Gasteiger charge is -2.39. The second-order valence-electron chi connectivity index (χ2n) is 8.30. The van der Waals surface area contributed by atoms with Crippen LogP contribution in [-0.2, 0) is 11.3 Å². The lowest BCUT2D eigenvalue weighted by molar-refractivity contribution is -0.671. The molecular weight excluding hydrogens is 334 g/mol. The van der Waals surface area contributed by atoms with E-state index in [0.717, 1.165) is 31.9 Å². The predicted octanol–water partition coefficient (Wildman–Crippen LogP) is 4.14. The Hall–Kier alpha value is -1.84. The van der Waals surface area contributed by atoms with Crippen molar-refractivity contribution >= 4 is 0 Å². The maximum absolute atomic E-state index is 5.97. The van der Waals surface area contributed by atoms with Crippen LogP contribution in [-0.4, -0.2) is 25.9 Å². The van der Waals surface area contributed by atoms with Crippen molar-refractivity contribution in [3.8, 4) is 5.75 Å². The van der Waals surface area contributed by atoms with E-state index in [1.807, 2.05) is 12.1 Å². The van der Waals surface area contributed by atoms with Gasteiger partial charge in [-0.2, -0.15) is 0 Å². The molecule has 27 heavy (non-hydrogen) atoms. The van der Waals surface area contributed by atoms with Crippen molar-refractivity contribution in [3.63, 3.8) is 0 Å². The van der Waals surface area contributed by atoms with Crippen LogP contribution in [0.2, 0.25) is 0 Å².